The number of nitrogens with one attached hydrogen (secondary N) is 1. The van der Waals surface area contributed by atoms with Gasteiger partial charge in [0.15, 0.2) is 0 Å². The van der Waals surface area contributed by atoms with Gasteiger partial charge in [-0.1, -0.05) is 24.3 Å². The highest BCUT2D eigenvalue weighted by Crippen LogP contribution is 2.23. The zero-order valence-corrected chi connectivity index (χ0v) is 14.2. The lowest BCUT2D eigenvalue weighted by molar-refractivity contribution is -0.122. The van der Waals surface area contributed by atoms with Gasteiger partial charge in [-0.2, -0.15) is 0 Å². The molecule has 0 aliphatic carbocycles. The molecule has 5 heteroatoms. The molecule has 0 spiro atoms. The zero-order valence-electron chi connectivity index (χ0n) is 14.2. The summed E-state index contributed by atoms with van der Waals surface area (Å²) in [5.41, 5.74) is 8.67. The second-order valence-corrected chi connectivity index (χ2v) is 6.59. The van der Waals surface area contributed by atoms with Crippen molar-refractivity contribution in [3.8, 4) is 0 Å². The van der Waals surface area contributed by atoms with Crippen LogP contribution in [-0.2, 0) is 17.9 Å². The third kappa shape index (κ3) is 4.79. The van der Waals surface area contributed by atoms with E-state index in [2.05, 4.69) is 34.5 Å². The van der Waals surface area contributed by atoms with Crippen molar-refractivity contribution in [2.45, 2.75) is 25.9 Å². The van der Waals surface area contributed by atoms with E-state index in [1.807, 2.05) is 6.07 Å². The van der Waals surface area contributed by atoms with Gasteiger partial charge in [0.2, 0.25) is 5.91 Å². The van der Waals surface area contributed by atoms with Gasteiger partial charge in [0.25, 0.3) is 0 Å². The molecule has 2 aromatic rings. The Morgan fingerprint density at radius 3 is 2.64 bits per heavy atom. The highest BCUT2D eigenvalue weighted by Gasteiger charge is 2.23. The van der Waals surface area contributed by atoms with Gasteiger partial charge in [-0.25, -0.2) is 4.39 Å². The Balaban J connectivity index is 1.52. The highest BCUT2D eigenvalue weighted by atomic mass is 19.1. The molecule has 2 aromatic carbocycles. The Bertz CT molecular complexity index is 717. The van der Waals surface area contributed by atoms with E-state index in [1.54, 1.807) is 12.1 Å². The fourth-order valence-electron chi connectivity index (χ4n) is 3.27. The number of hydrogen-bond acceptors (Lipinski definition) is 3. The van der Waals surface area contributed by atoms with Gasteiger partial charge in [-0.3, -0.25) is 4.79 Å². The summed E-state index contributed by atoms with van der Waals surface area (Å²) in [6.07, 6.45) is 1.87. The van der Waals surface area contributed by atoms with Crippen LogP contribution in [0.15, 0.2) is 48.5 Å². The molecule has 0 bridgehead atoms. The summed E-state index contributed by atoms with van der Waals surface area (Å²) >= 11 is 0. The second kappa shape index (κ2) is 8.12. The van der Waals surface area contributed by atoms with Crippen LogP contribution in [0.4, 0.5) is 10.1 Å². The molecule has 1 atom stereocenters. The summed E-state index contributed by atoms with van der Waals surface area (Å²) in [5, 5.41) is 3.32. The first-order valence-corrected chi connectivity index (χ1v) is 8.70. The van der Waals surface area contributed by atoms with Crippen LogP contribution in [0.3, 0.4) is 0 Å². The SMILES string of the molecule is NC(=O)[C@@H]1CCCN(c2ccc(CNCc3cccc(F)c3)cc2)C1. The average Bonchev–Trinajstić information content (AvgIpc) is 2.62. The van der Waals surface area contributed by atoms with Gasteiger partial charge in [-0.15, -0.1) is 0 Å². The van der Waals surface area contributed by atoms with Crippen LogP contribution in [0.5, 0.6) is 0 Å². The number of nitrogens with zero attached hydrogens (tertiary/aromatic N) is 1. The van der Waals surface area contributed by atoms with Crippen molar-refractivity contribution in [3.05, 3.63) is 65.5 Å². The summed E-state index contributed by atoms with van der Waals surface area (Å²) < 4.78 is 13.2. The standard InChI is InChI=1S/C20H24FN3O/c21-18-5-1-3-16(11-18)13-23-12-15-6-8-19(9-7-15)24-10-2-4-17(14-24)20(22)25/h1,3,5-9,11,17,23H,2,4,10,12-14H2,(H2,22,25)/t17-/m1/s1. The lowest BCUT2D eigenvalue weighted by atomic mass is 9.97. The molecule has 1 saturated heterocycles. The normalized spacial score (nSPS) is 17.5. The van der Waals surface area contributed by atoms with Crippen molar-refractivity contribution in [2.24, 2.45) is 11.7 Å². The molecule has 0 aromatic heterocycles. The average molecular weight is 341 g/mol. The van der Waals surface area contributed by atoms with Crippen molar-refractivity contribution < 1.29 is 9.18 Å². The third-order valence-corrected chi connectivity index (χ3v) is 4.67. The predicted octanol–water partition coefficient (Wildman–Crippen LogP) is 2.82. The molecule has 4 nitrogen and oxygen atoms in total. The lowest BCUT2D eigenvalue weighted by Crippen LogP contribution is -2.41. The number of halogens is 1. The van der Waals surface area contributed by atoms with Crippen LogP contribution < -0.4 is 16.0 Å². The van der Waals surface area contributed by atoms with E-state index in [0.29, 0.717) is 13.1 Å². The summed E-state index contributed by atoms with van der Waals surface area (Å²) in [7, 11) is 0. The van der Waals surface area contributed by atoms with E-state index in [-0.39, 0.29) is 17.6 Å². The fraction of sp³-hybridized carbons (Fsp3) is 0.350. The smallest absolute Gasteiger partial charge is 0.222 e. The van der Waals surface area contributed by atoms with E-state index in [9.17, 15) is 9.18 Å². The molecule has 3 rings (SSSR count). The van der Waals surface area contributed by atoms with E-state index < -0.39 is 0 Å². The second-order valence-electron chi connectivity index (χ2n) is 6.59. The maximum atomic E-state index is 13.2. The quantitative estimate of drug-likeness (QED) is 0.849. The van der Waals surface area contributed by atoms with Crippen molar-refractivity contribution in [1.29, 1.82) is 0 Å². The van der Waals surface area contributed by atoms with E-state index in [1.165, 1.54) is 11.6 Å². The molecule has 25 heavy (non-hydrogen) atoms. The van der Waals surface area contributed by atoms with Crippen LogP contribution in [0.25, 0.3) is 0 Å². The molecule has 1 fully saturated rings. The summed E-state index contributed by atoms with van der Waals surface area (Å²) in [5.74, 6) is -0.469. The molecule has 0 radical (unpaired) electrons. The van der Waals surface area contributed by atoms with Gasteiger partial charge >= 0.3 is 0 Å². The number of primary amides is 1. The number of amides is 1. The topological polar surface area (TPSA) is 58.4 Å². The van der Waals surface area contributed by atoms with Crippen molar-refractivity contribution in [2.75, 3.05) is 18.0 Å². The molecule has 1 amide bonds. The van der Waals surface area contributed by atoms with Crippen molar-refractivity contribution in [1.82, 2.24) is 5.32 Å². The number of carbonyl (C=O) groups is 1. The largest absolute Gasteiger partial charge is 0.371 e. The minimum Gasteiger partial charge on any atom is -0.371 e. The number of carbonyl (C=O) groups excluding carboxylic acids is 1. The van der Waals surface area contributed by atoms with Gasteiger partial charge < -0.3 is 16.0 Å². The maximum absolute atomic E-state index is 13.2. The Kier molecular flexibility index (Phi) is 5.66. The minimum absolute atomic E-state index is 0.0543. The Hall–Kier alpha value is -2.40. The highest BCUT2D eigenvalue weighted by molar-refractivity contribution is 5.77. The van der Waals surface area contributed by atoms with E-state index in [0.717, 1.165) is 37.2 Å². The minimum atomic E-state index is -0.209. The third-order valence-electron chi connectivity index (χ3n) is 4.67. The van der Waals surface area contributed by atoms with Gasteiger partial charge in [0, 0.05) is 31.9 Å². The van der Waals surface area contributed by atoms with Crippen LogP contribution in [0.2, 0.25) is 0 Å². The number of benzene rings is 2. The molecular formula is C20H24FN3O. The Morgan fingerprint density at radius 2 is 1.92 bits per heavy atom. The first-order valence-electron chi connectivity index (χ1n) is 8.70. The van der Waals surface area contributed by atoms with Crippen molar-refractivity contribution >= 4 is 11.6 Å². The number of rotatable bonds is 6. The van der Waals surface area contributed by atoms with Crippen LogP contribution in [-0.4, -0.2) is 19.0 Å². The van der Waals surface area contributed by atoms with Crippen LogP contribution in [0.1, 0.15) is 24.0 Å². The molecule has 3 N–H and O–H groups in total. The van der Waals surface area contributed by atoms with E-state index >= 15 is 0 Å². The van der Waals surface area contributed by atoms with E-state index in [4.69, 9.17) is 5.73 Å². The molecule has 1 heterocycles. The molecule has 0 unspecified atom stereocenters. The zero-order chi connectivity index (χ0) is 17.6. The first kappa shape index (κ1) is 17.4. The first-order chi connectivity index (χ1) is 12.1. The van der Waals surface area contributed by atoms with Gasteiger partial charge in [0.1, 0.15) is 5.82 Å². The molecular weight excluding hydrogens is 317 g/mol. The number of nitrogens with two attached hydrogens (primary N) is 1. The van der Waals surface area contributed by atoms with Crippen molar-refractivity contribution in [3.63, 3.8) is 0 Å². The summed E-state index contributed by atoms with van der Waals surface area (Å²) in [6, 6.07) is 15.0. The Morgan fingerprint density at radius 1 is 1.16 bits per heavy atom. The van der Waals surface area contributed by atoms with Gasteiger partial charge in [0.05, 0.1) is 5.92 Å². The molecule has 0 saturated carbocycles. The number of piperidine rings is 1. The summed E-state index contributed by atoms with van der Waals surface area (Å²) in [4.78, 5) is 13.6. The number of hydrogen-bond donors (Lipinski definition) is 2. The number of anilines is 1. The predicted molar refractivity (Wildman–Crippen MR) is 97.5 cm³/mol. The monoisotopic (exact) mass is 341 g/mol. The lowest BCUT2D eigenvalue weighted by Gasteiger charge is -2.33. The molecule has 1 aliphatic rings. The summed E-state index contributed by atoms with van der Waals surface area (Å²) in [6.45, 7) is 3.01. The van der Waals surface area contributed by atoms with Crippen LogP contribution >= 0.6 is 0 Å². The van der Waals surface area contributed by atoms with Gasteiger partial charge in [-0.05, 0) is 48.2 Å². The Labute approximate surface area is 147 Å². The molecule has 132 valence electrons. The maximum Gasteiger partial charge on any atom is 0.222 e. The fourth-order valence-corrected chi connectivity index (χ4v) is 3.27. The van der Waals surface area contributed by atoms with Crippen LogP contribution in [0, 0.1) is 11.7 Å². The molecule has 1 aliphatic heterocycles.